The van der Waals surface area contributed by atoms with Crippen LogP contribution in [-0.2, 0) is 6.42 Å². The monoisotopic (exact) mass is 307 g/mol. The van der Waals surface area contributed by atoms with Gasteiger partial charge in [-0.05, 0) is 42.8 Å². The quantitative estimate of drug-likeness (QED) is 0.503. The van der Waals surface area contributed by atoms with Crippen molar-refractivity contribution in [3.8, 4) is 12.1 Å². The van der Waals surface area contributed by atoms with E-state index >= 15 is 0 Å². The van der Waals surface area contributed by atoms with E-state index in [4.69, 9.17) is 10.5 Å². The molecule has 0 spiro atoms. The fourth-order valence-corrected chi connectivity index (χ4v) is 2.52. The summed E-state index contributed by atoms with van der Waals surface area (Å²) in [6.07, 6.45) is 2.72. The lowest BCUT2D eigenvalue weighted by molar-refractivity contribution is 1.05. The predicted molar refractivity (Wildman–Crippen MR) is 87.4 cm³/mol. The van der Waals surface area contributed by atoms with Gasteiger partial charge < -0.3 is 0 Å². The van der Waals surface area contributed by atoms with Gasteiger partial charge in [-0.15, -0.1) is 11.8 Å². The summed E-state index contributed by atoms with van der Waals surface area (Å²) in [5.41, 5.74) is 4.30. The number of rotatable bonds is 6. The zero-order valence-corrected chi connectivity index (χ0v) is 12.5. The molecule has 0 amide bonds. The van der Waals surface area contributed by atoms with Gasteiger partial charge in [0.15, 0.2) is 0 Å². The Hall–Kier alpha value is -2.83. The number of hydrazone groups is 1. The molecule has 0 aliphatic rings. The molecule has 0 atom stereocenters. The van der Waals surface area contributed by atoms with Crippen LogP contribution in [0.15, 0.2) is 58.7 Å². The van der Waals surface area contributed by atoms with Crippen molar-refractivity contribution in [1.82, 2.24) is 4.98 Å². The van der Waals surface area contributed by atoms with Gasteiger partial charge in [-0.3, -0.25) is 10.4 Å². The summed E-state index contributed by atoms with van der Waals surface area (Å²) < 4.78 is 0. The van der Waals surface area contributed by atoms with Gasteiger partial charge in [-0.1, -0.05) is 6.07 Å². The molecule has 0 unspecified atom stereocenters. The Balaban J connectivity index is 1.83. The SMILES string of the molecule is N#CC(C#N)=NNc1ccc(SCCc2ccccn2)cc1. The molecule has 0 radical (unpaired) electrons. The van der Waals surface area contributed by atoms with Crippen LogP contribution in [0.2, 0.25) is 0 Å². The second-order valence-corrected chi connectivity index (χ2v) is 5.41. The first-order valence-corrected chi connectivity index (χ1v) is 7.57. The summed E-state index contributed by atoms with van der Waals surface area (Å²) in [5.74, 6) is 0.953. The van der Waals surface area contributed by atoms with Crippen molar-refractivity contribution >= 4 is 23.2 Å². The maximum atomic E-state index is 8.59. The van der Waals surface area contributed by atoms with Crippen molar-refractivity contribution < 1.29 is 0 Å². The highest BCUT2D eigenvalue weighted by molar-refractivity contribution is 7.99. The van der Waals surface area contributed by atoms with Crippen molar-refractivity contribution in [1.29, 1.82) is 10.5 Å². The smallest absolute Gasteiger partial charge is 0.237 e. The standard InChI is InChI=1S/C16H13N5S/c17-11-15(12-18)21-20-14-4-6-16(7-5-14)22-10-8-13-3-1-2-9-19-13/h1-7,9,20H,8,10H2. The average molecular weight is 307 g/mol. The predicted octanol–water partition coefficient (Wildman–Crippen LogP) is 3.23. The molecule has 1 aromatic heterocycles. The van der Waals surface area contributed by atoms with E-state index in [1.54, 1.807) is 30.1 Å². The van der Waals surface area contributed by atoms with E-state index in [0.717, 1.165) is 28.5 Å². The third kappa shape index (κ3) is 4.93. The Bertz CT molecular complexity index is 695. The van der Waals surface area contributed by atoms with Crippen molar-refractivity contribution in [3.63, 3.8) is 0 Å². The Labute approximate surface area is 133 Å². The fourth-order valence-electron chi connectivity index (χ4n) is 1.64. The fraction of sp³-hybridized carbons (Fsp3) is 0.125. The molecule has 1 aromatic carbocycles. The van der Waals surface area contributed by atoms with Gasteiger partial charge in [-0.2, -0.15) is 15.6 Å². The van der Waals surface area contributed by atoms with Gasteiger partial charge in [0, 0.05) is 22.5 Å². The van der Waals surface area contributed by atoms with E-state index in [1.165, 1.54) is 0 Å². The van der Waals surface area contributed by atoms with Gasteiger partial charge in [0.1, 0.15) is 12.1 Å². The largest absolute Gasteiger partial charge is 0.277 e. The number of hydrogen-bond acceptors (Lipinski definition) is 6. The van der Waals surface area contributed by atoms with Gasteiger partial charge in [0.25, 0.3) is 0 Å². The molecular weight excluding hydrogens is 294 g/mol. The van der Waals surface area contributed by atoms with E-state index in [1.807, 2.05) is 42.5 Å². The number of nitriles is 2. The van der Waals surface area contributed by atoms with E-state index in [-0.39, 0.29) is 5.71 Å². The first-order valence-electron chi connectivity index (χ1n) is 6.58. The number of pyridine rings is 1. The maximum Gasteiger partial charge on any atom is 0.237 e. The molecule has 0 fully saturated rings. The highest BCUT2D eigenvalue weighted by Gasteiger charge is 1.98. The lowest BCUT2D eigenvalue weighted by Crippen LogP contribution is -1.96. The van der Waals surface area contributed by atoms with Crippen LogP contribution in [0.1, 0.15) is 5.69 Å². The molecule has 1 N–H and O–H groups in total. The van der Waals surface area contributed by atoms with Crippen LogP contribution in [0.5, 0.6) is 0 Å². The summed E-state index contributed by atoms with van der Waals surface area (Å²) in [6.45, 7) is 0. The van der Waals surface area contributed by atoms with Crippen molar-refractivity contribution in [3.05, 3.63) is 54.4 Å². The van der Waals surface area contributed by atoms with Crippen LogP contribution in [-0.4, -0.2) is 16.4 Å². The Kier molecular flexibility index (Phi) is 5.98. The number of benzene rings is 1. The zero-order valence-electron chi connectivity index (χ0n) is 11.7. The van der Waals surface area contributed by atoms with Gasteiger partial charge in [-0.25, -0.2) is 0 Å². The highest BCUT2D eigenvalue weighted by atomic mass is 32.2. The van der Waals surface area contributed by atoms with Crippen LogP contribution < -0.4 is 5.43 Å². The van der Waals surface area contributed by atoms with E-state index < -0.39 is 0 Å². The summed E-state index contributed by atoms with van der Waals surface area (Å²) in [4.78, 5) is 5.43. The number of aromatic nitrogens is 1. The number of nitrogens with zero attached hydrogens (tertiary/aromatic N) is 4. The summed E-state index contributed by atoms with van der Waals surface area (Å²) in [7, 11) is 0. The molecule has 1 heterocycles. The van der Waals surface area contributed by atoms with E-state index in [0.29, 0.717) is 0 Å². The van der Waals surface area contributed by atoms with Crippen molar-refractivity contribution in [2.45, 2.75) is 11.3 Å². The third-order valence-electron chi connectivity index (χ3n) is 2.72. The molecular formula is C16H13N5S. The normalized spacial score (nSPS) is 9.36. The Morgan fingerprint density at radius 3 is 2.55 bits per heavy atom. The van der Waals surface area contributed by atoms with E-state index in [2.05, 4.69) is 15.5 Å². The molecule has 0 saturated heterocycles. The topological polar surface area (TPSA) is 84.9 Å². The minimum atomic E-state index is -0.200. The second kappa shape index (κ2) is 8.46. The van der Waals surface area contributed by atoms with Gasteiger partial charge in [0.2, 0.25) is 5.71 Å². The molecule has 6 heteroatoms. The van der Waals surface area contributed by atoms with Crippen LogP contribution in [0.25, 0.3) is 0 Å². The summed E-state index contributed by atoms with van der Waals surface area (Å²) in [6, 6.07) is 17.0. The first-order chi connectivity index (χ1) is 10.8. The molecule has 22 heavy (non-hydrogen) atoms. The number of anilines is 1. The molecule has 0 saturated carbocycles. The van der Waals surface area contributed by atoms with Crippen LogP contribution in [0.3, 0.4) is 0 Å². The van der Waals surface area contributed by atoms with Crippen LogP contribution >= 0.6 is 11.8 Å². The van der Waals surface area contributed by atoms with Crippen LogP contribution in [0, 0.1) is 22.7 Å². The lowest BCUT2D eigenvalue weighted by atomic mass is 10.3. The zero-order chi connectivity index (χ0) is 15.6. The summed E-state index contributed by atoms with van der Waals surface area (Å²) >= 11 is 1.75. The van der Waals surface area contributed by atoms with E-state index in [9.17, 15) is 0 Å². The lowest BCUT2D eigenvalue weighted by Gasteiger charge is -2.04. The molecule has 108 valence electrons. The van der Waals surface area contributed by atoms with Crippen LogP contribution in [0.4, 0.5) is 5.69 Å². The number of nitrogens with one attached hydrogen (secondary N) is 1. The number of aryl methyl sites for hydroxylation is 1. The first kappa shape index (κ1) is 15.6. The molecule has 5 nitrogen and oxygen atoms in total. The molecule has 2 aromatic rings. The van der Waals surface area contributed by atoms with Crippen molar-refractivity contribution in [2.24, 2.45) is 5.10 Å². The average Bonchev–Trinajstić information content (AvgIpc) is 2.58. The molecule has 0 aliphatic heterocycles. The summed E-state index contributed by atoms with van der Waals surface area (Å²) in [5, 5.41) is 20.9. The second-order valence-electron chi connectivity index (χ2n) is 4.24. The minimum Gasteiger partial charge on any atom is -0.277 e. The third-order valence-corrected chi connectivity index (χ3v) is 3.73. The minimum absolute atomic E-state index is 0.200. The maximum absolute atomic E-state index is 8.59. The number of hydrogen-bond donors (Lipinski definition) is 1. The molecule has 0 bridgehead atoms. The van der Waals surface area contributed by atoms with Crippen molar-refractivity contribution in [2.75, 3.05) is 11.2 Å². The number of thioether (sulfide) groups is 1. The van der Waals surface area contributed by atoms with Gasteiger partial charge in [0.05, 0.1) is 5.69 Å². The Morgan fingerprint density at radius 1 is 1.14 bits per heavy atom. The molecule has 2 rings (SSSR count). The molecule has 0 aliphatic carbocycles. The van der Waals surface area contributed by atoms with Gasteiger partial charge >= 0.3 is 0 Å². The Morgan fingerprint density at radius 2 is 1.91 bits per heavy atom. The highest BCUT2D eigenvalue weighted by Crippen LogP contribution is 2.21.